The molecule has 0 unspecified atom stereocenters. The van der Waals surface area contributed by atoms with Gasteiger partial charge in [-0.25, -0.2) is 13.6 Å². The monoisotopic (exact) mass is 447 g/mol. The fraction of sp³-hybridized carbons (Fsp3) is 0.409. The summed E-state index contributed by atoms with van der Waals surface area (Å²) in [6.07, 6.45) is 2.50. The Kier molecular flexibility index (Phi) is 7.89. The minimum Gasteiger partial charge on any atom is -0.497 e. The number of amides is 1. The van der Waals surface area contributed by atoms with Gasteiger partial charge in [-0.05, 0) is 80.9 Å². The number of sulfonamides is 1. The maximum atomic E-state index is 12.5. The van der Waals surface area contributed by atoms with Crippen molar-refractivity contribution in [2.24, 2.45) is 11.1 Å². The number of hydrogen-bond acceptors (Lipinski definition) is 6. The molecule has 0 aromatic heterocycles. The highest BCUT2D eigenvalue weighted by Crippen LogP contribution is 2.21. The molecule has 1 saturated heterocycles. The lowest BCUT2D eigenvalue weighted by Crippen LogP contribution is -2.38. The molecule has 2 aromatic carbocycles. The number of carbonyl (C=O) groups excluding carboxylic acids is 1. The van der Waals surface area contributed by atoms with Gasteiger partial charge in [0.15, 0.2) is 0 Å². The van der Waals surface area contributed by atoms with Crippen LogP contribution in [0.3, 0.4) is 0 Å². The number of ether oxygens (including phenoxy) is 2. The van der Waals surface area contributed by atoms with Crippen LogP contribution in [0.4, 0.5) is 5.69 Å². The summed E-state index contributed by atoms with van der Waals surface area (Å²) in [7, 11) is -2.10. The average molecular weight is 448 g/mol. The van der Waals surface area contributed by atoms with Gasteiger partial charge in [-0.3, -0.25) is 4.79 Å². The van der Waals surface area contributed by atoms with Gasteiger partial charge in [-0.15, -0.1) is 0 Å². The molecule has 8 nitrogen and oxygen atoms in total. The summed E-state index contributed by atoms with van der Waals surface area (Å²) in [5, 5.41) is 7.95. The van der Waals surface area contributed by atoms with E-state index in [1.54, 1.807) is 19.2 Å². The van der Waals surface area contributed by atoms with Crippen LogP contribution in [0.1, 0.15) is 19.3 Å². The third kappa shape index (κ3) is 6.95. The SMILES string of the molecule is COc1ccc(OCCCN2CCC(C(=O)Nc3ccc(S(N)(=O)=O)cc3)CC2)cc1. The Hall–Kier alpha value is -2.62. The predicted octanol–water partition coefficient (Wildman–Crippen LogP) is 2.46. The molecule has 0 aliphatic carbocycles. The molecule has 1 fully saturated rings. The third-order valence-corrected chi connectivity index (χ3v) is 6.28. The molecule has 0 spiro atoms. The molecule has 3 N–H and O–H groups in total. The van der Waals surface area contributed by atoms with E-state index in [0.29, 0.717) is 12.3 Å². The highest BCUT2D eigenvalue weighted by molar-refractivity contribution is 7.89. The molecule has 0 saturated carbocycles. The number of likely N-dealkylation sites (tertiary alicyclic amines) is 1. The van der Waals surface area contributed by atoms with Crippen LogP contribution < -0.4 is 19.9 Å². The normalized spacial score (nSPS) is 15.4. The molecule has 168 valence electrons. The molecule has 9 heteroatoms. The largest absolute Gasteiger partial charge is 0.497 e. The van der Waals surface area contributed by atoms with Crippen molar-refractivity contribution in [3.63, 3.8) is 0 Å². The summed E-state index contributed by atoms with van der Waals surface area (Å²) in [5.41, 5.74) is 0.565. The van der Waals surface area contributed by atoms with Crippen molar-refractivity contribution in [1.29, 1.82) is 0 Å². The number of nitrogens with one attached hydrogen (secondary N) is 1. The van der Waals surface area contributed by atoms with E-state index >= 15 is 0 Å². The molecule has 1 aliphatic heterocycles. The van der Waals surface area contributed by atoms with Crippen LogP contribution >= 0.6 is 0 Å². The Morgan fingerprint density at radius 1 is 1.06 bits per heavy atom. The van der Waals surface area contributed by atoms with E-state index in [-0.39, 0.29) is 16.7 Å². The number of primary sulfonamides is 1. The first-order valence-corrected chi connectivity index (χ1v) is 11.8. The van der Waals surface area contributed by atoms with E-state index in [2.05, 4.69) is 10.2 Å². The molecule has 0 radical (unpaired) electrons. The summed E-state index contributed by atoms with van der Waals surface area (Å²) in [5.74, 6) is 1.55. The Labute approximate surface area is 183 Å². The van der Waals surface area contributed by atoms with Gasteiger partial charge in [-0.1, -0.05) is 0 Å². The molecule has 0 bridgehead atoms. The van der Waals surface area contributed by atoms with Crippen molar-refractivity contribution < 1.29 is 22.7 Å². The first-order chi connectivity index (χ1) is 14.8. The first-order valence-electron chi connectivity index (χ1n) is 10.3. The molecule has 2 aromatic rings. The van der Waals surface area contributed by atoms with E-state index < -0.39 is 10.0 Å². The van der Waals surface area contributed by atoms with E-state index in [0.717, 1.165) is 50.4 Å². The quantitative estimate of drug-likeness (QED) is 0.571. The summed E-state index contributed by atoms with van der Waals surface area (Å²) in [6, 6.07) is 13.4. The Morgan fingerprint density at radius 2 is 1.68 bits per heavy atom. The summed E-state index contributed by atoms with van der Waals surface area (Å²) < 4.78 is 33.5. The second-order valence-corrected chi connectivity index (χ2v) is 9.11. The highest BCUT2D eigenvalue weighted by Gasteiger charge is 2.24. The van der Waals surface area contributed by atoms with Crippen LogP contribution in [-0.2, 0) is 14.8 Å². The Bertz CT molecular complexity index is 954. The number of piperidine rings is 1. The molecular weight excluding hydrogens is 418 g/mol. The first kappa shape index (κ1) is 23.1. The third-order valence-electron chi connectivity index (χ3n) is 5.36. The van der Waals surface area contributed by atoms with Crippen molar-refractivity contribution >= 4 is 21.6 Å². The molecule has 1 aliphatic rings. The summed E-state index contributed by atoms with van der Waals surface area (Å²) >= 11 is 0. The van der Waals surface area contributed by atoms with Crippen LogP contribution in [-0.4, -0.2) is 52.6 Å². The smallest absolute Gasteiger partial charge is 0.238 e. The zero-order chi connectivity index (χ0) is 22.3. The number of carbonyl (C=O) groups is 1. The second-order valence-electron chi connectivity index (χ2n) is 7.55. The van der Waals surface area contributed by atoms with Gasteiger partial charge in [0.2, 0.25) is 15.9 Å². The zero-order valence-corrected chi connectivity index (χ0v) is 18.4. The summed E-state index contributed by atoms with van der Waals surface area (Å²) in [6.45, 7) is 3.30. The lowest BCUT2D eigenvalue weighted by atomic mass is 9.95. The number of methoxy groups -OCH3 is 1. The molecule has 3 rings (SSSR count). The number of rotatable bonds is 9. The lowest BCUT2D eigenvalue weighted by Gasteiger charge is -2.31. The van der Waals surface area contributed by atoms with Crippen LogP contribution in [0.15, 0.2) is 53.4 Å². The minimum absolute atomic E-state index is 0.0229. The van der Waals surface area contributed by atoms with Crippen molar-refractivity contribution in [2.45, 2.75) is 24.2 Å². The maximum absolute atomic E-state index is 12.5. The number of nitrogens with zero attached hydrogens (tertiary/aromatic N) is 1. The van der Waals surface area contributed by atoms with Gasteiger partial charge < -0.3 is 19.7 Å². The van der Waals surface area contributed by atoms with Crippen LogP contribution in [0.2, 0.25) is 0 Å². The number of anilines is 1. The van der Waals surface area contributed by atoms with Crippen LogP contribution in [0.5, 0.6) is 11.5 Å². The lowest BCUT2D eigenvalue weighted by molar-refractivity contribution is -0.121. The van der Waals surface area contributed by atoms with E-state index in [4.69, 9.17) is 14.6 Å². The van der Waals surface area contributed by atoms with Crippen molar-refractivity contribution in [1.82, 2.24) is 4.90 Å². The van der Waals surface area contributed by atoms with Crippen LogP contribution in [0.25, 0.3) is 0 Å². The van der Waals surface area contributed by atoms with Gasteiger partial charge in [0.1, 0.15) is 11.5 Å². The zero-order valence-electron chi connectivity index (χ0n) is 17.6. The maximum Gasteiger partial charge on any atom is 0.238 e. The van der Waals surface area contributed by atoms with Crippen molar-refractivity contribution in [3.05, 3.63) is 48.5 Å². The van der Waals surface area contributed by atoms with E-state index in [1.807, 2.05) is 24.3 Å². The molecule has 1 heterocycles. The van der Waals surface area contributed by atoms with Gasteiger partial charge >= 0.3 is 0 Å². The van der Waals surface area contributed by atoms with Crippen molar-refractivity contribution in [2.75, 3.05) is 38.7 Å². The molecule has 1 amide bonds. The van der Waals surface area contributed by atoms with Crippen LogP contribution in [0, 0.1) is 5.92 Å². The van der Waals surface area contributed by atoms with Crippen molar-refractivity contribution in [3.8, 4) is 11.5 Å². The van der Waals surface area contributed by atoms with Gasteiger partial charge in [0, 0.05) is 18.2 Å². The van der Waals surface area contributed by atoms with E-state index in [1.165, 1.54) is 12.1 Å². The highest BCUT2D eigenvalue weighted by atomic mass is 32.2. The Morgan fingerprint density at radius 3 is 2.26 bits per heavy atom. The predicted molar refractivity (Wildman–Crippen MR) is 119 cm³/mol. The van der Waals surface area contributed by atoms with Gasteiger partial charge in [-0.2, -0.15) is 0 Å². The number of benzene rings is 2. The molecule has 0 atom stereocenters. The summed E-state index contributed by atoms with van der Waals surface area (Å²) in [4.78, 5) is 14.9. The standard InChI is InChI=1S/C22H29N3O5S/c1-29-19-5-7-20(8-6-19)30-16-2-13-25-14-11-17(12-15-25)22(26)24-18-3-9-21(10-4-18)31(23,27)28/h3-10,17H,2,11-16H2,1H3,(H,24,26)(H2,23,27,28). The Balaban J connectivity index is 1.35. The molecular formula is C22H29N3O5S. The topological polar surface area (TPSA) is 111 Å². The fourth-order valence-electron chi connectivity index (χ4n) is 3.54. The second kappa shape index (κ2) is 10.6. The minimum atomic E-state index is -3.74. The number of hydrogen-bond donors (Lipinski definition) is 2. The number of nitrogens with two attached hydrogens (primary N) is 1. The average Bonchev–Trinajstić information content (AvgIpc) is 2.77. The van der Waals surface area contributed by atoms with Gasteiger partial charge in [0.25, 0.3) is 0 Å². The van der Waals surface area contributed by atoms with E-state index in [9.17, 15) is 13.2 Å². The fourth-order valence-corrected chi connectivity index (χ4v) is 4.06. The molecule has 31 heavy (non-hydrogen) atoms. The van der Waals surface area contributed by atoms with Gasteiger partial charge in [0.05, 0.1) is 18.6 Å².